The van der Waals surface area contributed by atoms with E-state index in [1.165, 1.54) is 5.56 Å². The first-order chi connectivity index (χ1) is 14.3. The van der Waals surface area contributed by atoms with E-state index >= 15 is 0 Å². The lowest BCUT2D eigenvalue weighted by Gasteiger charge is -2.09. The molecule has 1 N–H and O–H groups in total. The Labute approximate surface area is 169 Å². The zero-order valence-corrected chi connectivity index (χ0v) is 16.7. The molecule has 0 spiro atoms. The number of pyridine rings is 1. The van der Waals surface area contributed by atoms with Crippen molar-refractivity contribution < 1.29 is 0 Å². The number of hydrogen-bond acceptors (Lipinski definition) is 6. The van der Waals surface area contributed by atoms with Gasteiger partial charge in [0.05, 0.1) is 12.2 Å². The minimum Gasteiger partial charge on any atom is -0.255 e. The van der Waals surface area contributed by atoms with Crippen LogP contribution in [0.2, 0.25) is 0 Å². The molecule has 0 aliphatic heterocycles. The highest BCUT2D eigenvalue weighted by molar-refractivity contribution is 5.76. The number of aryl methyl sites for hydroxylation is 2. The van der Waals surface area contributed by atoms with Gasteiger partial charge in [0.2, 0.25) is 0 Å². The molecule has 3 aromatic heterocycles. The lowest BCUT2D eigenvalue weighted by atomic mass is 10.0. The van der Waals surface area contributed by atoms with E-state index in [2.05, 4.69) is 73.8 Å². The molecule has 0 saturated carbocycles. The van der Waals surface area contributed by atoms with Crippen molar-refractivity contribution in [3.63, 3.8) is 0 Å². The number of hydrogen-bond donors (Lipinski definition) is 1. The highest BCUT2D eigenvalue weighted by atomic mass is 15.5. The third-order valence-electron chi connectivity index (χ3n) is 4.83. The summed E-state index contributed by atoms with van der Waals surface area (Å²) in [6.45, 7) is 5.00. The van der Waals surface area contributed by atoms with Crippen molar-refractivity contribution in [3.05, 3.63) is 59.8 Å². The molecule has 0 saturated heterocycles. The fourth-order valence-corrected chi connectivity index (χ4v) is 3.26. The lowest BCUT2D eigenvalue weighted by molar-refractivity contribution is 0.614. The molecule has 8 heteroatoms. The van der Waals surface area contributed by atoms with Crippen LogP contribution in [0.15, 0.2) is 42.6 Å². The first-order valence-corrected chi connectivity index (χ1v) is 9.99. The van der Waals surface area contributed by atoms with E-state index in [4.69, 9.17) is 0 Å². The summed E-state index contributed by atoms with van der Waals surface area (Å²) >= 11 is 0. The first kappa shape index (κ1) is 18.9. The Hall–Kier alpha value is -3.42. The Balaban J connectivity index is 1.58. The SMILES string of the molecule is CCCCc1nc(CC)nn1Cc1ccc(-c2ncccc2-c2nnn[nH]2)cc1. The van der Waals surface area contributed by atoms with Gasteiger partial charge in [-0.15, -0.1) is 5.10 Å². The van der Waals surface area contributed by atoms with Gasteiger partial charge < -0.3 is 0 Å². The van der Waals surface area contributed by atoms with E-state index in [9.17, 15) is 0 Å². The number of nitrogens with zero attached hydrogens (tertiary/aromatic N) is 7. The molecule has 148 valence electrons. The second kappa shape index (κ2) is 8.72. The van der Waals surface area contributed by atoms with Gasteiger partial charge in [-0.05, 0) is 34.5 Å². The van der Waals surface area contributed by atoms with Gasteiger partial charge >= 0.3 is 0 Å². The van der Waals surface area contributed by atoms with Crippen LogP contribution in [-0.4, -0.2) is 40.4 Å². The summed E-state index contributed by atoms with van der Waals surface area (Å²) in [5, 5.41) is 18.8. The van der Waals surface area contributed by atoms with Crippen LogP contribution < -0.4 is 0 Å². The molecular formula is C21H24N8. The molecule has 0 unspecified atom stereocenters. The van der Waals surface area contributed by atoms with Gasteiger partial charge in [-0.25, -0.2) is 14.8 Å². The largest absolute Gasteiger partial charge is 0.255 e. The third kappa shape index (κ3) is 4.21. The Kier molecular flexibility index (Phi) is 5.69. The Morgan fingerprint density at radius 1 is 1.07 bits per heavy atom. The average Bonchev–Trinajstić information content (AvgIpc) is 3.43. The van der Waals surface area contributed by atoms with Crippen LogP contribution in [-0.2, 0) is 19.4 Å². The maximum Gasteiger partial charge on any atom is 0.181 e. The predicted octanol–water partition coefficient (Wildman–Crippen LogP) is 3.47. The number of benzene rings is 1. The second-order valence-corrected chi connectivity index (χ2v) is 6.91. The Morgan fingerprint density at radius 2 is 1.93 bits per heavy atom. The number of unbranched alkanes of at least 4 members (excludes halogenated alkanes) is 1. The maximum absolute atomic E-state index is 4.69. The van der Waals surface area contributed by atoms with Gasteiger partial charge in [-0.3, -0.25) is 4.98 Å². The Morgan fingerprint density at radius 3 is 2.66 bits per heavy atom. The molecule has 0 amide bonds. The highest BCUT2D eigenvalue weighted by Crippen LogP contribution is 2.27. The minimum atomic E-state index is 0.604. The van der Waals surface area contributed by atoms with Crippen molar-refractivity contribution in [3.8, 4) is 22.6 Å². The van der Waals surface area contributed by atoms with Gasteiger partial charge in [0, 0.05) is 30.2 Å². The van der Waals surface area contributed by atoms with Gasteiger partial charge in [-0.1, -0.05) is 44.5 Å². The number of aromatic nitrogens is 8. The van der Waals surface area contributed by atoms with Crippen molar-refractivity contribution in [2.45, 2.75) is 46.1 Å². The van der Waals surface area contributed by atoms with E-state index < -0.39 is 0 Å². The molecule has 1 aromatic carbocycles. The normalized spacial score (nSPS) is 11.1. The summed E-state index contributed by atoms with van der Waals surface area (Å²) < 4.78 is 2.04. The summed E-state index contributed by atoms with van der Waals surface area (Å²) in [6, 6.07) is 12.2. The monoisotopic (exact) mass is 388 g/mol. The standard InChI is InChI=1S/C21H24N8/c1-3-5-8-19-23-18(4-2)26-29(19)14-15-9-11-16(12-10-15)20-17(7-6-13-22-20)21-24-27-28-25-21/h6-7,9-13H,3-5,8,14H2,1-2H3,(H,24,25,27,28). The smallest absolute Gasteiger partial charge is 0.181 e. The third-order valence-corrected chi connectivity index (χ3v) is 4.83. The van der Waals surface area contributed by atoms with Crippen molar-refractivity contribution >= 4 is 0 Å². The van der Waals surface area contributed by atoms with Crippen molar-refractivity contribution in [2.24, 2.45) is 0 Å². The minimum absolute atomic E-state index is 0.604. The number of tetrazole rings is 1. The van der Waals surface area contributed by atoms with Crippen LogP contribution in [0, 0.1) is 0 Å². The van der Waals surface area contributed by atoms with Crippen LogP contribution in [0.1, 0.15) is 43.9 Å². The van der Waals surface area contributed by atoms with Gasteiger partial charge in [0.15, 0.2) is 11.6 Å². The average molecular weight is 388 g/mol. The molecule has 0 aliphatic carbocycles. The maximum atomic E-state index is 4.69. The number of H-pyrrole nitrogens is 1. The highest BCUT2D eigenvalue weighted by Gasteiger charge is 2.12. The molecular weight excluding hydrogens is 364 g/mol. The molecule has 0 atom stereocenters. The second-order valence-electron chi connectivity index (χ2n) is 6.91. The van der Waals surface area contributed by atoms with E-state index in [0.29, 0.717) is 12.4 Å². The summed E-state index contributed by atoms with van der Waals surface area (Å²) in [4.78, 5) is 9.22. The summed E-state index contributed by atoms with van der Waals surface area (Å²) in [6.07, 6.45) is 5.86. The number of nitrogens with one attached hydrogen (secondary N) is 1. The van der Waals surface area contributed by atoms with Crippen LogP contribution in [0.3, 0.4) is 0 Å². The zero-order chi connectivity index (χ0) is 20.1. The molecule has 4 aromatic rings. The fourth-order valence-electron chi connectivity index (χ4n) is 3.26. The fraction of sp³-hybridized carbons (Fsp3) is 0.333. The molecule has 4 rings (SSSR count). The van der Waals surface area contributed by atoms with Crippen LogP contribution in [0.4, 0.5) is 0 Å². The molecule has 0 radical (unpaired) electrons. The molecule has 0 aliphatic rings. The zero-order valence-electron chi connectivity index (χ0n) is 16.7. The van der Waals surface area contributed by atoms with Crippen LogP contribution in [0.5, 0.6) is 0 Å². The van der Waals surface area contributed by atoms with E-state index in [1.807, 2.05) is 16.8 Å². The van der Waals surface area contributed by atoms with Crippen molar-refractivity contribution in [1.29, 1.82) is 0 Å². The lowest BCUT2D eigenvalue weighted by Crippen LogP contribution is -2.07. The quantitative estimate of drug-likeness (QED) is 0.496. The van der Waals surface area contributed by atoms with Gasteiger partial charge in [0.1, 0.15) is 5.82 Å². The summed E-state index contributed by atoms with van der Waals surface area (Å²) in [5.41, 5.74) is 3.91. The molecule has 3 heterocycles. The van der Waals surface area contributed by atoms with Gasteiger partial charge in [0.25, 0.3) is 0 Å². The van der Waals surface area contributed by atoms with Crippen LogP contribution >= 0.6 is 0 Å². The predicted molar refractivity (Wildman–Crippen MR) is 110 cm³/mol. The summed E-state index contributed by atoms with van der Waals surface area (Å²) in [7, 11) is 0. The number of rotatable bonds is 8. The van der Waals surface area contributed by atoms with Gasteiger partial charge in [-0.2, -0.15) is 5.10 Å². The van der Waals surface area contributed by atoms with Crippen molar-refractivity contribution in [1.82, 2.24) is 40.4 Å². The van der Waals surface area contributed by atoms with E-state index in [0.717, 1.165) is 54.2 Å². The topological polar surface area (TPSA) is 98.1 Å². The van der Waals surface area contributed by atoms with Crippen LogP contribution in [0.25, 0.3) is 22.6 Å². The molecule has 8 nitrogen and oxygen atoms in total. The molecule has 0 bridgehead atoms. The van der Waals surface area contributed by atoms with Crippen molar-refractivity contribution in [2.75, 3.05) is 0 Å². The number of aromatic amines is 1. The molecule has 29 heavy (non-hydrogen) atoms. The Bertz CT molecular complexity index is 1050. The summed E-state index contributed by atoms with van der Waals surface area (Å²) in [5.74, 6) is 2.58. The van der Waals surface area contributed by atoms with E-state index in [-0.39, 0.29) is 0 Å². The first-order valence-electron chi connectivity index (χ1n) is 9.99. The van der Waals surface area contributed by atoms with E-state index in [1.54, 1.807) is 6.20 Å². The molecule has 0 fully saturated rings.